The predicted octanol–water partition coefficient (Wildman–Crippen LogP) is 1.34. The van der Waals surface area contributed by atoms with Crippen LogP contribution in [0, 0.1) is 0 Å². The fourth-order valence-electron chi connectivity index (χ4n) is 1.99. The summed E-state index contributed by atoms with van der Waals surface area (Å²) in [4.78, 5) is 0.943. The lowest BCUT2D eigenvalue weighted by molar-refractivity contribution is 0.275. The zero-order valence-electron chi connectivity index (χ0n) is 8.38. The van der Waals surface area contributed by atoms with Gasteiger partial charge in [-0.25, -0.2) is 0 Å². The van der Waals surface area contributed by atoms with Crippen LogP contribution in [0.25, 0.3) is 10.4 Å². The van der Waals surface area contributed by atoms with Crippen molar-refractivity contribution in [2.24, 2.45) is 0 Å². The van der Waals surface area contributed by atoms with Crippen molar-refractivity contribution in [3.05, 3.63) is 35.2 Å². The van der Waals surface area contributed by atoms with E-state index in [4.69, 9.17) is 4.65 Å². The molecule has 3 nitrogen and oxygen atoms in total. The van der Waals surface area contributed by atoms with Crippen molar-refractivity contribution in [1.82, 2.24) is 0 Å². The van der Waals surface area contributed by atoms with Crippen LogP contribution in [0.1, 0.15) is 5.56 Å². The van der Waals surface area contributed by atoms with E-state index >= 15 is 0 Å². The second-order valence-electron chi connectivity index (χ2n) is 3.67. The molecule has 5 heteroatoms. The molecule has 1 aliphatic heterocycles. The van der Waals surface area contributed by atoms with E-state index in [0.717, 1.165) is 10.4 Å². The van der Waals surface area contributed by atoms with Crippen molar-refractivity contribution >= 4 is 23.9 Å². The van der Waals surface area contributed by atoms with Crippen molar-refractivity contribution in [1.29, 1.82) is 0 Å². The molecule has 2 aromatic rings. The Hall–Kier alpha value is -1.30. The third kappa shape index (κ3) is 1.37. The van der Waals surface area contributed by atoms with E-state index < -0.39 is 7.12 Å². The van der Waals surface area contributed by atoms with Crippen LogP contribution in [0.5, 0.6) is 5.75 Å². The summed E-state index contributed by atoms with van der Waals surface area (Å²) in [7, 11) is -0.931. The van der Waals surface area contributed by atoms with E-state index in [-0.39, 0.29) is 5.75 Å². The molecule has 0 unspecified atom stereocenters. The summed E-state index contributed by atoms with van der Waals surface area (Å²) in [5.74, 6) is 0.186. The number of fused-ring (bicyclic) bond motifs is 1. The Balaban J connectivity index is 2.28. The lowest BCUT2D eigenvalue weighted by Gasteiger charge is -2.08. The number of thiophene rings is 1. The van der Waals surface area contributed by atoms with Gasteiger partial charge in [-0.05, 0) is 23.1 Å². The Morgan fingerprint density at radius 1 is 1.31 bits per heavy atom. The Morgan fingerprint density at radius 3 is 2.94 bits per heavy atom. The first-order chi connectivity index (χ1) is 7.77. The first-order valence-corrected chi connectivity index (χ1v) is 5.83. The maximum Gasteiger partial charge on any atom is 0.492 e. The SMILES string of the molecule is OB1OCc2ccc(O)c(-c3cccs3)c21. The number of hydrogen-bond donors (Lipinski definition) is 2. The number of benzene rings is 1. The maximum atomic E-state index is 9.90. The van der Waals surface area contributed by atoms with Gasteiger partial charge in [0, 0.05) is 15.9 Å². The quantitative estimate of drug-likeness (QED) is 0.729. The molecule has 0 spiro atoms. The summed E-state index contributed by atoms with van der Waals surface area (Å²) >= 11 is 1.53. The van der Waals surface area contributed by atoms with E-state index in [1.165, 1.54) is 11.3 Å². The summed E-state index contributed by atoms with van der Waals surface area (Å²) in [5, 5.41) is 21.6. The fraction of sp³-hybridized carbons (Fsp3) is 0.0909. The Bertz CT molecular complexity index is 524. The van der Waals surface area contributed by atoms with Gasteiger partial charge in [-0.2, -0.15) is 0 Å². The topological polar surface area (TPSA) is 49.7 Å². The first-order valence-electron chi connectivity index (χ1n) is 4.95. The summed E-state index contributed by atoms with van der Waals surface area (Å²) in [5.41, 5.74) is 2.33. The fourth-order valence-corrected chi connectivity index (χ4v) is 2.78. The zero-order valence-corrected chi connectivity index (χ0v) is 9.20. The van der Waals surface area contributed by atoms with Crippen LogP contribution in [-0.2, 0) is 11.3 Å². The molecule has 0 aliphatic carbocycles. The van der Waals surface area contributed by atoms with Crippen LogP contribution in [0.4, 0.5) is 0 Å². The average Bonchev–Trinajstić information content (AvgIpc) is 2.89. The highest BCUT2D eigenvalue weighted by molar-refractivity contribution is 7.13. The summed E-state index contributed by atoms with van der Waals surface area (Å²) in [6.07, 6.45) is 0. The molecule has 0 fully saturated rings. The van der Waals surface area contributed by atoms with E-state index in [0.29, 0.717) is 17.6 Å². The molecule has 16 heavy (non-hydrogen) atoms. The molecule has 2 heterocycles. The van der Waals surface area contributed by atoms with Crippen LogP contribution in [0.2, 0.25) is 0 Å². The van der Waals surface area contributed by atoms with Crippen LogP contribution < -0.4 is 5.46 Å². The van der Waals surface area contributed by atoms with Gasteiger partial charge in [-0.3, -0.25) is 0 Å². The molecular weight excluding hydrogens is 223 g/mol. The highest BCUT2D eigenvalue weighted by atomic mass is 32.1. The second-order valence-corrected chi connectivity index (χ2v) is 4.62. The number of hydrogen-bond acceptors (Lipinski definition) is 4. The van der Waals surface area contributed by atoms with E-state index in [1.807, 2.05) is 17.5 Å². The van der Waals surface area contributed by atoms with Crippen molar-refractivity contribution in [3.8, 4) is 16.2 Å². The Labute approximate surface area is 97.1 Å². The molecular formula is C11H9BO3S. The lowest BCUT2D eigenvalue weighted by atomic mass is 9.75. The second kappa shape index (κ2) is 3.62. The molecule has 0 atom stereocenters. The van der Waals surface area contributed by atoms with Gasteiger partial charge in [-0.15, -0.1) is 11.3 Å². The van der Waals surface area contributed by atoms with Crippen LogP contribution in [0.15, 0.2) is 29.6 Å². The van der Waals surface area contributed by atoms with Crippen molar-refractivity contribution in [3.63, 3.8) is 0 Å². The molecule has 0 saturated carbocycles. The largest absolute Gasteiger partial charge is 0.507 e. The van der Waals surface area contributed by atoms with Gasteiger partial charge in [0.25, 0.3) is 0 Å². The average molecular weight is 232 g/mol. The van der Waals surface area contributed by atoms with Gasteiger partial charge in [0.05, 0.1) is 6.61 Å². The van der Waals surface area contributed by atoms with Gasteiger partial charge in [0.2, 0.25) is 0 Å². The molecule has 2 N–H and O–H groups in total. The summed E-state index contributed by atoms with van der Waals surface area (Å²) in [6, 6.07) is 7.28. The van der Waals surface area contributed by atoms with Gasteiger partial charge < -0.3 is 14.8 Å². The van der Waals surface area contributed by atoms with Gasteiger partial charge >= 0.3 is 7.12 Å². The van der Waals surface area contributed by atoms with Crippen molar-refractivity contribution in [2.75, 3.05) is 0 Å². The first kappa shape index (κ1) is 9.90. The minimum absolute atomic E-state index is 0.186. The monoisotopic (exact) mass is 232 g/mol. The minimum atomic E-state index is -0.931. The normalized spacial score (nSPS) is 14.2. The highest BCUT2D eigenvalue weighted by Gasteiger charge is 2.32. The highest BCUT2D eigenvalue weighted by Crippen LogP contribution is 2.33. The zero-order chi connectivity index (χ0) is 11.1. The Morgan fingerprint density at radius 2 is 2.19 bits per heavy atom. The molecule has 1 aromatic carbocycles. The number of rotatable bonds is 1. The maximum absolute atomic E-state index is 9.90. The molecule has 0 radical (unpaired) electrons. The van der Waals surface area contributed by atoms with Crippen molar-refractivity contribution < 1.29 is 14.8 Å². The predicted molar refractivity (Wildman–Crippen MR) is 63.8 cm³/mol. The van der Waals surface area contributed by atoms with Gasteiger partial charge in [0.15, 0.2) is 0 Å². The number of phenolic OH excluding ortho intramolecular Hbond substituents is 1. The van der Waals surface area contributed by atoms with Crippen LogP contribution in [-0.4, -0.2) is 17.2 Å². The summed E-state index contributed by atoms with van der Waals surface area (Å²) < 4.78 is 5.17. The molecule has 3 rings (SSSR count). The molecule has 80 valence electrons. The summed E-state index contributed by atoms with van der Waals surface area (Å²) in [6.45, 7) is 0.398. The van der Waals surface area contributed by atoms with E-state index in [1.54, 1.807) is 12.1 Å². The molecule has 1 aromatic heterocycles. The van der Waals surface area contributed by atoms with Crippen molar-refractivity contribution in [2.45, 2.75) is 6.61 Å². The third-order valence-electron chi connectivity index (χ3n) is 2.73. The Kier molecular flexibility index (Phi) is 2.24. The molecule has 0 saturated heterocycles. The molecule has 0 amide bonds. The van der Waals surface area contributed by atoms with E-state index in [9.17, 15) is 10.1 Å². The third-order valence-corrected chi connectivity index (χ3v) is 3.61. The number of phenols is 1. The molecule has 0 bridgehead atoms. The minimum Gasteiger partial charge on any atom is -0.507 e. The smallest absolute Gasteiger partial charge is 0.492 e. The standard InChI is InChI=1S/C11H9BO3S/c13-8-4-3-7-6-15-12(14)11(7)10(8)9-2-1-5-16-9/h1-5,13-14H,6H2. The van der Waals surface area contributed by atoms with Gasteiger partial charge in [0.1, 0.15) is 5.75 Å². The number of aromatic hydroxyl groups is 1. The van der Waals surface area contributed by atoms with Crippen LogP contribution >= 0.6 is 11.3 Å². The van der Waals surface area contributed by atoms with Crippen LogP contribution in [0.3, 0.4) is 0 Å². The molecule has 1 aliphatic rings. The van der Waals surface area contributed by atoms with E-state index in [2.05, 4.69) is 0 Å². The van der Waals surface area contributed by atoms with Gasteiger partial charge in [-0.1, -0.05) is 12.1 Å². The lowest BCUT2D eigenvalue weighted by Crippen LogP contribution is -2.29.